The summed E-state index contributed by atoms with van der Waals surface area (Å²) in [6, 6.07) is 8.22. The molecule has 1 heterocycles. The third-order valence-electron chi connectivity index (χ3n) is 4.04. The lowest BCUT2D eigenvalue weighted by Crippen LogP contribution is -2.43. The van der Waals surface area contributed by atoms with Crippen LogP contribution in [0.2, 0.25) is 0 Å². The largest absolute Gasteiger partial charge is 0.497 e. The second-order valence-corrected chi connectivity index (χ2v) is 5.88. The number of benzene rings is 1. The molecule has 0 saturated carbocycles. The normalized spacial score (nSPS) is 19.6. The summed E-state index contributed by atoms with van der Waals surface area (Å²) in [7, 11) is 1.69. The molecule has 0 amide bonds. The fraction of sp³-hybridized carbons (Fsp3) is 0.588. The van der Waals surface area contributed by atoms with Crippen LogP contribution >= 0.6 is 0 Å². The summed E-state index contributed by atoms with van der Waals surface area (Å²) in [6.45, 7) is 5.18. The molecule has 1 aromatic rings. The molecule has 1 saturated heterocycles. The first kappa shape index (κ1) is 15.7. The van der Waals surface area contributed by atoms with Gasteiger partial charge in [0.05, 0.1) is 7.11 Å². The summed E-state index contributed by atoms with van der Waals surface area (Å²) in [5.41, 5.74) is 7.40. The molecular formula is C17H27N3O. The molecule has 1 fully saturated rings. The van der Waals surface area contributed by atoms with Crippen molar-refractivity contribution < 1.29 is 4.74 Å². The monoisotopic (exact) mass is 289 g/mol. The zero-order valence-electron chi connectivity index (χ0n) is 13.2. The van der Waals surface area contributed by atoms with Crippen LogP contribution in [0.5, 0.6) is 5.75 Å². The molecule has 2 rings (SSSR count). The Kier molecular flexibility index (Phi) is 5.90. The molecule has 1 aliphatic heterocycles. The smallest absolute Gasteiger partial charge is 0.191 e. The van der Waals surface area contributed by atoms with E-state index >= 15 is 0 Å². The topological polar surface area (TPSA) is 50.9 Å². The first-order valence-corrected chi connectivity index (χ1v) is 7.87. The van der Waals surface area contributed by atoms with Gasteiger partial charge in [-0.1, -0.05) is 19.1 Å². The summed E-state index contributed by atoms with van der Waals surface area (Å²) in [4.78, 5) is 6.75. The predicted molar refractivity (Wildman–Crippen MR) is 87.8 cm³/mol. The van der Waals surface area contributed by atoms with Crippen LogP contribution in [0.1, 0.15) is 31.7 Å². The Morgan fingerprint density at radius 2 is 2.14 bits per heavy atom. The van der Waals surface area contributed by atoms with Crippen LogP contribution in [0.15, 0.2) is 29.3 Å². The number of hydrogen-bond donors (Lipinski definition) is 1. The lowest BCUT2D eigenvalue weighted by Gasteiger charge is -2.31. The number of nitrogens with zero attached hydrogens (tertiary/aromatic N) is 2. The average molecular weight is 289 g/mol. The van der Waals surface area contributed by atoms with E-state index in [2.05, 4.69) is 28.9 Å². The molecule has 0 spiro atoms. The zero-order chi connectivity index (χ0) is 15.1. The van der Waals surface area contributed by atoms with Crippen molar-refractivity contribution in [3.8, 4) is 5.75 Å². The summed E-state index contributed by atoms with van der Waals surface area (Å²) < 4.78 is 5.16. The number of ether oxygens (including phenoxy) is 1. The van der Waals surface area contributed by atoms with E-state index in [-0.39, 0.29) is 0 Å². The maximum absolute atomic E-state index is 6.09. The van der Waals surface area contributed by atoms with Crippen LogP contribution in [-0.2, 0) is 6.42 Å². The average Bonchev–Trinajstić information content (AvgIpc) is 2.52. The summed E-state index contributed by atoms with van der Waals surface area (Å²) in [5, 5.41) is 0. The fourth-order valence-electron chi connectivity index (χ4n) is 2.77. The van der Waals surface area contributed by atoms with E-state index < -0.39 is 0 Å². The first-order valence-electron chi connectivity index (χ1n) is 7.87. The van der Waals surface area contributed by atoms with Crippen molar-refractivity contribution >= 4 is 5.96 Å². The van der Waals surface area contributed by atoms with Gasteiger partial charge in [-0.15, -0.1) is 0 Å². The molecule has 4 heteroatoms. The second-order valence-electron chi connectivity index (χ2n) is 5.88. The molecule has 0 radical (unpaired) electrons. The molecule has 1 aliphatic rings. The molecular weight excluding hydrogens is 262 g/mol. The number of nitrogens with two attached hydrogens (primary N) is 1. The second kappa shape index (κ2) is 7.91. The fourth-order valence-corrected chi connectivity index (χ4v) is 2.77. The molecule has 1 unspecified atom stereocenters. The van der Waals surface area contributed by atoms with E-state index in [1.54, 1.807) is 7.11 Å². The van der Waals surface area contributed by atoms with Crippen molar-refractivity contribution in [2.24, 2.45) is 16.6 Å². The third-order valence-corrected chi connectivity index (χ3v) is 4.04. The van der Waals surface area contributed by atoms with Gasteiger partial charge in [0.25, 0.3) is 0 Å². The molecule has 21 heavy (non-hydrogen) atoms. The van der Waals surface area contributed by atoms with Gasteiger partial charge >= 0.3 is 0 Å². The number of piperidine rings is 1. The molecule has 1 aromatic carbocycles. The number of rotatable bonds is 5. The third kappa shape index (κ3) is 4.96. The number of hydrogen-bond acceptors (Lipinski definition) is 2. The molecule has 1 atom stereocenters. The van der Waals surface area contributed by atoms with Crippen LogP contribution in [0.25, 0.3) is 0 Å². The highest BCUT2D eigenvalue weighted by Crippen LogP contribution is 2.15. The van der Waals surface area contributed by atoms with E-state index in [4.69, 9.17) is 10.5 Å². The zero-order valence-corrected chi connectivity index (χ0v) is 13.2. The van der Waals surface area contributed by atoms with Crippen molar-refractivity contribution in [3.05, 3.63) is 29.8 Å². The Bertz CT molecular complexity index is 456. The number of likely N-dealkylation sites (tertiary alicyclic amines) is 1. The van der Waals surface area contributed by atoms with E-state index in [0.717, 1.165) is 50.1 Å². The van der Waals surface area contributed by atoms with Crippen molar-refractivity contribution in [2.45, 2.75) is 32.6 Å². The van der Waals surface area contributed by atoms with Gasteiger partial charge in [-0.3, -0.25) is 4.99 Å². The SMILES string of the molecule is COc1ccc(CCCN=C(N)N2CCCC(C)C2)cc1. The molecule has 0 aromatic heterocycles. The quantitative estimate of drug-likeness (QED) is 0.515. The molecule has 0 aliphatic carbocycles. The minimum absolute atomic E-state index is 0.719. The molecule has 2 N–H and O–H groups in total. The Balaban J connectivity index is 1.73. The number of guanidine groups is 1. The number of aryl methyl sites for hydroxylation is 1. The maximum Gasteiger partial charge on any atom is 0.191 e. The summed E-state index contributed by atoms with van der Waals surface area (Å²) in [6.07, 6.45) is 4.58. The highest BCUT2D eigenvalue weighted by Gasteiger charge is 2.17. The highest BCUT2D eigenvalue weighted by molar-refractivity contribution is 5.78. The van der Waals surface area contributed by atoms with Crippen LogP contribution < -0.4 is 10.5 Å². The minimum atomic E-state index is 0.719. The molecule has 0 bridgehead atoms. The number of methoxy groups -OCH3 is 1. The Hall–Kier alpha value is -1.71. The van der Waals surface area contributed by atoms with Crippen LogP contribution in [0.4, 0.5) is 0 Å². The molecule has 4 nitrogen and oxygen atoms in total. The van der Waals surface area contributed by atoms with Crippen LogP contribution in [-0.4, -0.2) is 37.6 Å². The van der Waals surface area contributed by atoms with Gasteiger partial charge in [0.1, 0.15) is 5.75 Å². The van der Waals surface area contributed by atoms with Crippen molar-refractivity contribution in [3.63, 3.8) is 0 Å². The van der Waals surface area contributed by atoms with E-state index in [9.17, 15) is 0 Å². The van der Waals surface area contributed by atoms with Crippen LogP contribution in [0.3, 0.4) is 0 Å². The van der Waals surface area contributed by atoms with Gasteiger partial charge in [-0.05, 0) is 49.3 Å². The Labute approximate surface area is 128 Å². The van der Waals surface area contributed by atoms with Crippen LogP contribution in [0, 0.1) is 5.92 Å². The highest BCUT2D eigenvalue weighted by atomic mass is 16.5. The van der Waals surface area contributed by atoms with Gasteiger partial charge in [-0.2, -0.15) is 0 Å². The maximum atomic E-state index is 6.09. The van der Waals surface area contributed by atoms with E-state index in [1.165, 1.54) is 18.4 Å². The van der Waals surface area contributed by atoms with E-state index in [0.29, 0.717) is 0 Å². The number of aliphatic imine (C=N–C) groups is 1. The lowest BCUT2D eigenvalue weighted by atomic mass is 10.0. The van der Waals surface area contributed by atoms with Gasteiger partial charge < -0.3 is 15.4 Å². The minimum Gasteiger partial charge on any atom is -0.497 e. The van der Waals surface area contributed by atoms with Gasteiger partial charge in [0.2, 0.25) is 0 Å². The Morgan fingerprint density at radius 1 is 1.38 bits per heavy atom. The van der Waals surface area contributed by atoms with Gasteiger partial charge in [-0.25, -0.2) is 0 Å². The Morgan fingerprint density at radius 3 is 2.81 bits per heavy atom. The summed E-state index contributed by atoms with van der Waals surface area (Å²) in [5.74, 6) is 2.35. The van der Waals surface area contributed by atoms with Crippen molar-refractivity contribution in [1.29, 1.82) is 0 Å². The van der Waals surface area contributed by atoms with Crippen molar-refractivity contribution in [2.75, 3.05) is 26.7 Å². The lowest BCUT2D eigenvalue weighted by molar-refractivity contribution is 0.270. The van der Waals surface area contributed by atoms with E-state index in [1.807, 2.05) is 12.1 Å². The molecule has 116 valence electrons. The standard InChI is InChI=1S/C17H27N3O/c1-14-5-4-12-20(13-14)17(18)19-11-3-6-15-7-9-16(21-2)10-8-15/h7-10,14H,3-6,11-13H2,1-2H3,(H2,18,19). The summed E-state index contributed by atoms with van der Waals surface area (Å²) >= 11 is 0. The van der Waals surface area contributed by atoms with Crippen molar-refractivity contribution in [1.82, 2.24) is 4.90 Å². The first-order chi connectivity index (χ1) is 10.2. The predicted octanol–water partition coefficient (Wildman–Crippen LogP) is 2.67. The van der Waals surface area contributed by atoms with Gasteiger partial charge in [0, 0.05) is 19.6 Å². The van der Waals surface area contributed by atoms with Gasteiger partial charge in [0.15, 0.2) is 5.96 Å².